The van der Waals surface area contributed by atoms with E-state index in [1.54, 1.807) is 0 Å². The van der Waals surface area contributed by atoms with Crippen LogP contribution in [0.1, 0.15) is 10.5 Å². The van der Waals surface area contributed by atoms with Gasteiger partial charge in [0.15, 0.2) is 4.73 Å². The van der Waals surface area contributed by atoms with Crippen molar-refractivity contribution in [3.63, 3.8) is 0 Å². The number of nitrogens with zero attached hydrogens (tertiary/aromatic N) is 3. The molecule has 13 heavy (non-hydrogen) atoms. The quantitative estimate of drug-likeness (QED) is 0.755. The van der Waals surface area contributed by atoms with Crippen molar-refractivity contribution >= 4 is 33.0 Å². The van der Waals surface area contributed by atoms with Gasteiger partial charge in [-0.15, -0.1) is 0 Å². The van der Waals surface area contributed by atoms with E-state index < -0.39 is 5.97 Å². The van der Waals surface area contributed by atoms with E-state index in [4.69, 9.17) is 5.11 Å². The van der Waals surface area contributed by atoms with Gasteiger partial charge >= 0.3 is 5.97 Å². The monoisotopic (exact) mass is 243 g/mol. The molecule has 0 saturated carbocycles. The van der Waals surface area contributed by atoms with Crippen LogP contribution >= 0.6 is 15.9 Å². The second-order valence-electron chi connectivity index (χ2n) is 2.19. The van der Waals surface area contributed by atoms with Gasteiger partial charge in [-0.2, -0.15) is 0 Å². The Labute approximate surface area is 79.7 Å². The molecule has 0 aliphatic rings. The van der Waals surface area contributed by atoms with Crippen LogP contribution in [0.2, 0.25) is 0 Å². The highest BCUT2D eigenvalue weighted by atomic mass is 79.9. The topological polar surface area (TPSA) is 89.1 Å². The summed E-state index contributed by atoms with van der Waals surface area (Å²) < 4.78 is 4.99. The Morgan fingerprint density at radius 1 is 1.62 bits per heavy atom. The molecule has 2 aromatic rings. The first-order valence-electron chi connectivity index (χ1n) is 3.19. The lowest BCUT2D eigenvalue weighted by atomic mass is 10.3. The molecule has 0 aliphatic carbocycles. The minimum absolute atomic E-state index is 0.189. The van der Waals surface area contributed by atoms with Crippen molar-refractivity contribution in [2.75, 3.05) is 0 Å². The Hall–Kier alpha value is -1.50. The smallest absolute Gasteiger partial charge is 0.360 e. The lowest BCUT2D eigenvalue weighted by molar-refractivity contribution is 0.0687. The van der Waals surface area contributed by atoms with Crippen LogP contribution in [0, 0.1) is 0 Å². The summed E-state index contributed by atoms with van der Waals surface area (Å²) in [6, 6.07) is 0. The van der Waals surface area contributed by atoms with Crippen LogP contribution in [-0.4, -0.2) is 26.2 Å². The molecule has 2 rings (SSSR count). The van der Waals surface area contributed by atoms with E-state index in [-0.39, 0.29) is 16.8 Å². The van der Waals surface area contributed by atoms with Gasteiger partial charge in [-0.3, -0.25) is 0 Å². The maximum absolute atomic E-state index is 10.6. The molecule has 0 amide bonds. The summed E-state index contributed by atoms with van der Waals surface area (Å²) >= 11 is 3.02. The molecule has 6 nitrogen and oxygen atoms in total. The van der Waals surface area contributed by atoms with Gasteiger partial charge < -0.3 is 9.63 Å². The number of aromatic nitrogens is 3. The highest BCUT2D eigenvalue weighted by Crippen LogP contribution is 2.16. The summed E-state index contributed by atoms with van der Waals surface area (Å²) in [4.78, 5) is 18.2. The fourth-order valence-electron chi connectivity index (χ4n) is 0.864. The van der Waals surface area contributed by atoms with Crippen LogP contribution in [0.4, 0.5) is 0 Å². The van der Waals surface area contributed by atoms with Crippen molar-refractivity contribution in [3.05, 3.63) is 16.6 Å². The molecule has 2 heterocycles. The zero-order valence-corrected chi connectivity index (χ0v) is 7.65. The second-order valence-corrected chi connectivity index (χ2v) is 2.90. The number of halogens is 1. The molecule has 0 radical (unpaired) electrons. The molecule has 0 unspecified atom stereocenters. The van der Waals surface area contributed by atoms with E-state index in [0.29, 0.717) is 4.73 Å². The number of carbonyl (C=O) groups is 1. The first kappa shape index (κ1) is 8.11. The molecule has 2 aromatic heterocycles. The van der Waals surface area contributed by atoms with Crippen LogP contribution in [0.15, 0.2) is 15.5 Å². The van der Waals surface area contributed by atoms with E-state index in [1.165, 1.54) is 6.20 Å². The van der Waals surface area contributed by atoms with Crippen LogP contribution < -0.4 is 0 Å². The maximum Gasteiger partial charge on any atom is 0.360 e. The van der Waals surface area contributed by atoms with E-state index in [9.17, 15) is 4.79 Å². The van der Waals surface area contributed by atoms with Crippen molar-refractivity contribution < 1.29 is 14.4 Å². The third-order valence-corrected chi connectivity index (χ3v) is 1.77. The standard InChI is InChI=1S/C6H2BrN3O3/c7-6-8-1-2-3(9-6)4(5(11)12)10-13-2/h1H,(H,11,12). The van der Waals surface area contributed by atoms with Crippen molar-refractivity contribution in [3.8, 4) is 0 Å². The fourth-order valence-corrected chi connectivity index (χ4v) is 1.14. The maximum atomic E-state index is 10.6. The fraction of sp³-hybridized carbons (Fsp3) is 0. The highest BCUT2D eigenvalue weighted by Gasteiger charge is 2.16. The van der Waals surface area contributed by atoms with Crippen molar-refractivity contribution in [1.82, 2.24) is 15.1 Å². The normalized spacial score (nSPS) is 10.5. The third kappa shape index (κ3) is 1.26. The van der Waals surface area contributed by atoms with Crippen LogP contribution in [0.5, 0.6) is 0 Å². The summed E-state index contributed by atoms with van der Waals surface area (Å²) in [7, 11) is 0. The van der Waals surface area contributed by atoms with Crippen LogP contribution in [-0.2, 0) is 0 Å². The number of rotatable bonds is 1. The average Bonchev–Trinajstić information content (AvgIpc) is 2.46. The number of fused-ring (bicyclic) bond motifs is 1. The number of hydrogen-bond donors (Lipinski definition) is 1. The predicted molar refractivity (Wildman–Crippen MR) is 44.3 cm³/mol. The minimum atomic E-state index is -1.18. The molecular formula is C6H2BrN3O3. The van der Waals surface area contributed by atoms with Gasteiger partial charge in [-0.1, -0.05) is 5.16 Å². The molecular weight excluding hydrogens is 242 g/mol. The van der Waals surface area contributed by atoms with Gasteiger partial charge in [0.1, 0.15) is 5.52 Å². The second kappa shape index (κ2) is 2.77. The lowest BCUT2D eigenvalue weighted by Gasteiger charge is -1.87. The molecule has 0 aliphatic heterocycles. The Balaban J connectivity index is 2.79. The number of carboxylic acid groups (broad SMARTS) is 1. The summed E-state index contributed by atoms with van der Waals surface area (Å²) in [6.07, 6.45) is 1.35. The molecule has 0 bridgehead atoms. The summed E-state index contributed by atoms with van der Waals surface area (Å²) in [5.74, 6) is -1.18. The van der Waals surface area contributed by atoms with Crippen LogP contribution in [0.25, 0.3) is 11.1 Å². The van der Waals surface area contributed by atoms with Crippen molar-refractivity contribution in [2.45, 2.75) is 0 Å². The zero-order valence-electron chi connectivity index (χ0n) is 6.06. The first-order valence-corrected chi connectivity index (χ1v) is 3.99. The zero-order chi connectivity index (χ0) is 9.42. The molecule has 0 spiro atoms. The summed E-state index contributed by atoms with van der Waals surface area (Å²) in [6.45, 7) is 0. The summed E-state index contributed by atoms with van der Waals surface area (Å²) in [5, 5.41) is 12.0. The van der Waals surface area contributed by atoms with Gasteiger partial charge in [-0.05, 0) is 15.9 Å². The minimum Gasteiger partial charge on any atom is -0.476 e. The van der Waals surface area contributed by atoms with Gasteiger partial charge in [0.25, 0.3) is 0 Å². The Kier molecular flexibility index (Phi) is 1.73. The van der Waals surface area contributed by atoms with E-state index in [1.807, 2.05) is 0 Å². The molecule has 1 N–H and O–H groups in total. The Morgan fingerprint density at radius 3 is 3.08 bits per heavy atom. The molecule has 0 saturated heterocycles. The average molecular weight is 244 g/mol. The first-order chi connectivity index (χ1) is 6.18. The Morgan fingerprint density at radius 2 is 2.38 bits per heavy atom. The molecule has 7 heteroatoms. The Bertz CT molecular complexity index is 481. The third-order valence-electron chi connectivity index (χ3n) is 1.39. The highest BCUT2D eigenvalue weighted by molar-refractivity contribution is 9.10. The predicted octanol–water partition coefficient (Wildman–Crippen LogP) is 1.08. The number of carboxylic acids is 1. The van der Waals surface area contributed by atoms with E-state index >= 15 is 0 Å². The van der Waals surface area contributed by atoms with Gasteiger partial charge in [0.05, 0.1) is 6.20 Å². The number of hydrogen-bond acceptors (Lipinski definition) is 5. The van der Waals surface area contributed by atoms with E-state index in [0.717, 1.165) is 0 Å². The molecule has 0 atom stereocenters. The summed E-state index contributed by atoms with van der Waals surface area (Å²) in [5.41, 5.74) is 0.230. The van der Waals surface area contributed by atoms with Crippen molar-refractivity contribution in [2.24, 2.45) is 0 Å². The van der Waals surface area contributed by atoms with Gasteiger partial charge in [0, 0.05) is 0 Å². The van der Waals surface area contributed by atoms with Crippen LogP contribution in [0.3, 0.4) is 0 Å². The van der Waals surface area contributed by atoms with E-state index in [2.05, 4.69) is 35.6 Å². The lowest BCUT2D eigenvalue weighted by Crippen LogP contribution is -1.97. The molecule has 0 aromatic carbocycles. The van der Waals surface area contributed by atoms with Gasteiger partial charge in [0.2, 0.25) is 11.3 Å². The van der Waals surface area contributed by atoms with Gasteiger partial charge in [-0.25, -0.2) is 14.8 Å². The van der Waals surface area contributed by atoms with Crippen molar-refractivity contribution in [1.29, 1.82) is 0 Å². The molecule has 0 fully saturated rings. The number of aromatic carboxylic acids is 1. The molecule has 66 valence electrons. The largest absolute Gasteiger partial charge is 0.476 e. The SMILES string of the molecule is O=C(O)c1noc2cnc(Br)nc12.